The quantitative estimate of drug-likeness (QED) is 0.789. The van der Waals surface area contributed by atoms with Crippen LogP contribution in [0.3, 0.4) is 0 Å². The Morgan fingerprint density at radius 1 is 1.56 bits per heavy atom. The Morgan fingerprint density at radius 3 is 2.83 bits per heavy atom. The number of nitrogens with zero attached hydrogens (tertiary/aromatic N) is 2. The summed E-state index contributed by atoms with van der Waals surface area (Å²) >= 11 is 1.15. The van der Waals surface area contributed by atoms with Crippen molar-refractivity contribution >= 4 is 27.1 Å². The van der Waals surface area contributed by atoms with Crippen LogP contribution >= 0.6 is 11.3 Å². The van der Waals surface area contributed by atoms with Crippen LogP contribution in [0, 0.1) is 11.3 Å². The first-order valence-electron chi connectivity index (χ1n) is 5.34. The Hall–Kier alpha value is -1.39. The summed E-state index contributed by atoms with van der Waals surface area (Å²) < 4.78 is 23.9. The Balaban J connectivity index is 2.51. The second kappa shape index (κ2) is 6.52. The third kappa shape index (κ3) is 4.13. The zero-order chi connectivity index (χ0) is 13.6. The van der Waals surface area contributed by atoms with Gasteiger partial charge in [-0.15, -0.1) is 11.3 Å². The van der Waals surface area contributed by atoms with Gasteiger partial charge in [0.1, 0.15) is 4.21 Å². The molecular weight excluding hydrogens is 272 g/mol. The van der Waals surface area contributed by atoms with E-state index in [9.17, 15) is 13.2 Å². The number of thiophene rings is 1. The fourth-order valence-corrected chi connectivity index (χ4v) is 3.68. The average Bonchev–Trinajstić information content (AvgIpc) is 2.87. The minimum absolute atomic E-state index is 0.0534. The van der Waals surface area contributed by atoms with Crippen molar-refractivity contribution in [3.8, 4) is 6.07 Å². The molecule has 0 saturated carbocycles. The molecule has 5 nitrogen and oxygen atoms in total. The van der Waals surface area contributed by atoms with Crippen molar-refractivity contribution in [3.63, 3.8) is 0 Å². The van der Waals surface area contributed by atoms with Gasteiger partial charge in [0, 0.05) is 20.0 Å². The number of carbonyl (C=O) groups excluding carboxylic acids is 1. The van der Waals surface area contributed by atoms with Crippen LogP contribution in [0.1, 0.15) is 12.8 Å². The summed E-state index contributed by atoms with van der Waals surface area (Å²) in [4.78, 5) is 13.0. The molecule has 0 fully saturated rings. The van der Waals surface area contributed by atoms with Gasteiger partial charge in [0.25, 0.3) is 0 Å². The van der Waals surface area contributed by atoms with Gasteiger partial charge < -0.3 is 4.90 Å². The molecule has 1 aromatic heterocycles. The van der Waals surface area contributed by atoms with Gasteiger partial charge in [-0.1, -0.05) is 6.07 Å². The SMILES string of the molecule is CN(CCC#N)C(=O)CCS(=O)(=O)c1cccs1. The highest BCUT2D eigenvalue weighted by atomic mass is 32.2. The summed E-state index contributed by atoms with van der Waals surface area (Å²) in [5.74, 6) is -0.450. The molecule has 0 unspecified atom stereocenters. The lowest BCUT2D eigenvalue weighted by atomic mass is 10.3. The first-order chi connectivity index (χ1) is 8.47. The number of hydrogen-bond acceptors (Lipinski definition) is 5. The summed E-state index contributed by atoms with van der Waals surface area (Å²) in [6.45, 7) is 0.328. The largest absolute Gasteiger partial charge is 0.345 e. The van der Waals surface area contributed by atoms with Crippen LogP contribution in [-0.4, -0.2) is 38.6 Å². The van der Waals surface area contributed by atoms with Crippen LogP contribution < -0.4 is 0 Å². The predicted octanol–water partition coefficient (Wildman–Crippen LogP) is 1.28. The van der Waals surface area contributed by atoms with Crippen LogP contribution in [0.5, 0.6) is 0 Å². The number of nitriles is 1. The maximum Gasteiger partial charge on any atom is 0.223 e. The van der Waals surface area contributed by atoms with E-state index in [1.165, 1.54) is 11.0 Å². The molecule has 1 heterocycles. The molecular formula is C11H14N2O3S2. The lowest BCUT2D eigenvalue weighted by Gasteiger charge is -2.14. The molecule has 18 heavy (non-hydrogen) atoms. The van der Waals surface area contributed by atoms with Crippen molar-refractivity contribution in [3.05, 3.63) is 17.5 Å². The number of amides is 1. The lowest BCUT2D eigenvalue weighted by molar-refractivity contribution is -0.129. The number of hydrogen-bond donors (Lipinski definition) is 0. The average molecular weight is 286 g/mol. The smallest absolute Gasteiger partial charge is 0.223 e. The van der Waals surface area contributed by atoms with Gasteiger partial charge >= 0.3 is 0 Å². The van der Waals surface area contributed by atoms with E-state index in [1.807, 2.05) is 6.07 Å². The minimum atomic E-state index is -3.36. The summed E-state index contributed by atoms with van der Waals surface area (Å²) in [5, 5.41) is 10.1. The molecule has 1 aromatic rings. The van der Waals surface area contributed by atoms with Crippen molar-refractivity contribution in [2.45, 2.75) is 17.1 Å². The molecule has 0 radical (unpaired) electrons. The molecule has 7 heteroatoms. The van der Waals surface area contributed by atoms with Crippen molar-refractivity contribution in [1.82, 2.24) is 4.90 Å². The maximum atomic E-state index is 11.8. The second-order valence-electron chi connectivity index (χ2n) is 3.72. The molecule has 0 bridgehead atoms. The minimum Gasteiger partial charge on any atom is -0.345 e. The third-order valence-electron chi connectivity index (χ3n) is 2.37. The Morgan fingerprint density at radius 2 is 2.28 bits per heavy atom. The van der Waals surface area contributed by atoms with E-state index in [0.717, 1.165) is 11.3 Å². The number of carbonyl (C=O) groups is 1. The topological polar surface area (TPSA) is 78.2 Å². The molecule has 98 valence electrons. The van der Waals surface area contributed by atoms with Gasteiger partial charge in [-0.2, -0.15) is 5.26 Å². The van der Waals surface area contributed by atoms with Crippen LogP contribution in [0.4, 0.5) is 0 Å². The standard InChI is InChI=1S/C11H14N2O3S2/c1-13(7-3-6-12)10(14)5-9-18(15,16)11-4-2-8-17-11/h2,4,8H,3,5,7,9H2,1H3. The summed E-state index contributed by atoms with van der Waals surface area (Å²) in [6.07, 6.45) is 0.197. The predicted molar refractivity (Wildman–Crippen MR) is 68.9 cm³/mol. The van der Waals surface area contributed by atoms with E-state index in [-0.39, 0.29) is 28.7 Å². The van der Waals surface area contributed by atoms with Crippen LogP contribution in [0.25, 0.3) is 0 Å². The van der Waals surface area contributed by atoms with Crippen molar-refractivity contribution in [1.29, 1.82) is 5.26 Å². The van der Waals surface area contributed by atoms with Crippen molar-refractivity contribution in [2.24, 2.45) is 0 Å². The van der Waals surface area contributed by atoms with E-state index in [0.29, 0.717) is 6.54 Å². The third-order valence-corrected chi connectivity index (χ3v) is 5.57. The summed E-state index contributed by atoms with van der Waals surface area (Å²) in [7, 11) is -1.79. The highest BCUT2D eigenvalue weighted by molar-refractivity contribution is 7.93. The van der Waals surface area contributed by atoms with Crippen LogP contribution in [-0.2, 0) is 14.6 Å². The van der Waals surface area contributed by atoms with Gasteiger partial charge in [0.15, 0.2) is 9.84 Å². The molecule has 0 spiro atoms. The van der Waals surface area contributed by atoms with E-state index in [4.69, 9.17) is 5.26 Å². The normalized spacial score (nSPS) is 10.9. The fraction of sp³-hybridized carbons (Fsp3) is 0.455. The van der Waals surface area contributed by atoms with E-state index < -0.39 is 9.84 Å². The molecule has 0 aliphatic rings. The number of sulfone groups is 1. The summed E-state index contributed by atoms with van der Waals surface area (Å²) in [6, 6.07) is 5.13. The van der Waals surface area contributed by atoms with Crippen LogP contribution in [0.2, 0.25) is 0 Å². The zero-order valence-electron chi connectivity index (χ0n) is 10.00. The highest BCUT2D eigenvalue weighted by Gasteiger charge is 2.18. The number of rotatable bonds is 6. The lowest BCUT2D eigenvalue weighted by Crippen LogP contribution is -2.29. The molecule has 1 rings (SSSR count). The molecule has 0 atom stereocenters. The van der Waals surface area contributed by atoms with E-state index in [2.05, 4.69) is 0 Å². The molecule has 0 saturated heterocycles. The van der Waals surface area contributed by atoms with Gasteiger partial charge in [-0.05, 0) is 11.4 Å². The monoisotopic (exact) mass is 286 g/mol. The maximum absolute atomic E-state index is 11.8. The fourth-order valence-electron chi connectivity index (χ4n) is 1.30. The zero-order valence-corrected chi connectivity index (χ0v) is 11.6. The molecule has 0 aliphatic carbocycles. The van der Waals surface area contributed by atoms with E-state index >= 15 is 0 Å². The molecule has 0 aliphatic heterocycles. The summed E-state index contributed by atoms with van der Waals surface area (Å²) in [5.41, 5.74) is 0. The van der Waals surface area contributed by atoms with E-state index in [1.54, 1.807) is 18.5 Å². The first-order valence-corrected chi connectivity index (χ1v) is 7.88. The van der Waals surface area contributed by atoms with Crippen molar-refractivity contribution < 1.29 is 13.2 Å². The first kappa shape index (κ1) is 14.7. The Kier molecular flexibility index (Phi) is 5.31. The van der Waals surface area contributed by atoms with Gasteiger partial charge in [-0.3, -0.25) is 4.79 Å². The Bertz CT molecular complexity index is 529. The van der Waals surface area contributed by atoms with Gasteiger partial charge in [0.05, 0.1) is 18.2 Å². The highest BCUT2D eigenvalue weighted by Crippen LogP contribution is 2.18. The molecule has 0 N–H and O–H groups in total. The molecule has 0 aromatic carbocycles. The van der Waals surface area contributed by atoms with Crippen molar-refractivity contribution in [2.75, 3.05) is 19.3 Å². The van der Waals surface area contributed by atoms with Crippen LogP contribution in [0.15, 0.2) is 21.7 Å². The second-order valence-corrected chi connectivity index (χ2v) is 7.01. The van der Waals surface area contributed by atoms with Gasteiger partial charge in [-0.25, -0.2) is 8.42 Å². The Labute approximate surface area is 111 Å². The van der Waals surface area contributed by atoms with Gasteiger partial charge in [0.2, 0.25) is 5.91 Å². The molecule has 1 amide bonds.